The van der Waals surface area contributed by atoms with Gasteiger partial charge in [-0.1, -0.05) is 17.3 Å². The van der Waals surface area contributed by atoms with Crippen LogP contribution in [0.15, 0.2) is 33.7 Å². The predicted molar refractivity (Wildman–Crippen MR) is 93.2 cm³/mol. The van der Waals surface area contributed by atoms with Crippen molar-refractivity contribution < 1.29 is 9.32 Å². The average Bonchev–Trinajstić information content (AvgIpc) is 2.95. The molecular weight excluding hydrogens is 336 g/mol. The topological polar surface area (TPSA) is 71.3 Å². The predicted octanol–water partition coefficient (Wildman–Crippen LogP) is 2.38. The summed E-state index contributed by atoms with van der Waals surface area (Å²) < 4.78 is 5.10. The standard InChI is InChI=1S/C15H20N4O2S.ClH/c1-11-17-14(21-18-11)10-22-13-7-5-4-6-12(13)15(20)19(3)9-8-16-2;/h4-7,16H,8-10H2,1-3H3;1H. The molecule has 1 heterocycles. The van der Waals surface area contributed by atoms with Crippen molar-refractivity contribution in [2.75, 3.05) is 27.2 Å². The molecule has 1 aromatic carbocycles. The number of amides is 1. The van der Waals surface area contributed by atoms with E-state index in [2.05, 4.69) is 15.5 Å². The molecule has 0 bridgehead atoms. The van der Waals surface area contributed by atoms with Gasteiger partial charge < -0.3 is 14.7 Å². The average molecular weight is 357 g/mol. The van der Waals surface area contributed by atoms with E-state index in [-0.39, 0.29) is 18.3 Å². The number of hydrogen-bond acceptors (Lipinski definition) is 6. The molecule has 8 heteroatoms. The van der Waals surface area contributed by atoms with Crippen molar-refractivity contribution in [3.05, 3.63) is 41.5 Å². The Hall–Kier alpha value is -1.57. The van der Waals surface area contributed by atoms with E-state index in [1.54, 1.807) is 11.8 Å². The zero-order valence-electron chi connectivity index (χ0n) is 13.4. The molecule has 0 fully saturated rings. The van der Waals surface area contributed by atoms with Gasteiger partial charge in [-0.05, 0) is 26.1 Å². The number of nitrogens with one attached hydrogen (secondary N) is 1. The van der Waals surface area contributed by atoms with Crippen LogP contribution in [-0.4, -0.2) is 48.1 Å². The van der Waals surface area contributed by atoms with Gasteiger partial charge in [-0.25, -0.2) is 0 Å². The molecule has 0 aliphatic heterocycles. The van der Waals surface area contributed by atoms with Crippen LogP contribution < -0.4 is 5.32 Å². The molecular formula is C15H21ClN4O2S. The van der Waals surface area contributed by atoms with Crippen LogP contribution >= 0.6 is 24.2 Å². The number of hydrogen-bond donors (Lipinski definition) is 1. The number of thioether (sulfide) groups is 1. The molecule has 1 N–H and O–H groups in total. The van der Waals surface area contributed by atoms with E-state index >= 15 is 0 Å². The van der Waals surface area contributed by atoms with Crippen LogP contribution in [0.25, 0.3) is 0 Å². The minimum absolute atomic E-state index is 0. The quantitative estimate of drug-likeness (QED) is 0.768. The number of carbonyl (C=O) groups excluding carboxylic acids is 1. The van der Waals surface area contributed by atoms with Crippen molar-refractivity contribution in [1.29, 1.82) is 0 Å². The van der Waals surface area contributed by atoms with Gasteiger partial charge in [-0.3, -0.25) is 4.79 Å². The molecule has 0 radical (unpaired) electrons. The maximum absolute atomic E-state index is 12.5. The van der Waals surface area contributed by atoms with E-state index in [0.29, 0.717) is 29.6 Å². The smallest absolute Gasteiger partial charge is 0.254 e. The minimum atomic E-state index is 0. The molecule has 0 aliphatic rings. The summed E-state index contributed by atoms with van der Waals surface area (Å²) in [5, 5.41) is 6.81. The Morgan fingerprint density at radius 2 is 2.13 bits per heavy atom. The summed E-state index contributed by atoms with van der Waals surface area (Å²) in [6.07, 6.45) is 0. The number of aromatic nitrogens is 2. The summed E-state index contributed by atoms with van der Waals surface area (Å²) in [5.74, 6) is 1.74. The lowest BCUT2D eigenvalue weighted by Crippen LogP contribution is -2.33. The Labute approximate surface area is 146 Å². The number of benzene rings is 1. The van der Waals surface area contributed by atoms with Crippen LogP contribution in [0.5, 0.6) is 0 Å². The molecule has 0 atom stereocenters. The van der Waals surface area contributed by atoms with Gasteiger partial charge in [0, 0.05) is 25.0 Å². The molecule has 0 saturated heterocycles. The van der Waals surface area contributed by atoms with E-state index in [4.69, 9.17) is 4.52 Å². The van der Waals surface area contributed by atoms with E-state index in [1.165, 1.54) is 11.8 Å². The van der Waals surface area contributed by atoms with E-state index < -0.39 is 0 Å². The second-order valence-corrected chi connectivity index (χ2v) is 5.87. The highest BCUT2D eigenvalue weighted by Gasteiger charge is 2.16. The summed E-state index contributed by atoms with van der Waals surface area (Å²) in [5.41, 5.74) is 0.697. The lowest BCUT2D eigenvalue weighted by Gasteiger charge is -2.18. The monoisotopic (exact) mass is 356 g/mol. The molecule has 2 aromatic rings. The van der Waals surface area contributed by atoms with Gasteiger partial charge in [-0.2, -0.15) is 4.98 Å². The Balaban J connectivity index is 0.00000264. The fourth-order valence-corrected chi connectivity index (χ4v) is 2.78. The first-order valence-corrected chi connectivity index (χ1v) is 8.01. The van der Waals surface area contributed by atoms with Crippen molar-refractivity contribution in [3.63, 3.8) is 0 Å². The maximum Gasteiger partial charge on any atom is 0.254 e. The first-order chi connectivity index (χ1) is 10.6. The molecule has 2 rings (SSSR count). The van der Waals surface area contributed by atoms with Crippen LogP contribution in [0.2, 0.25) is 0 Å². The molecule has 1 aromatic heterocycles. The second kappa shape index (κ2) is 9.54. The summed E-state index contributed by atoms with van der Waals surface area (Å²) in [4.78, 5) is 19.3. The van der Waals surface area contributed by atoms with E-state index in [0.717, 1.165) is 11.4 Å². The first-order valence-electron chi connectivity index (χ1n) is 7.03. The summed E-state index contributed by atoms with van der Waals surface area (Å²) in [6, 6.07) is 7.58. The molecule has 0 aliphatic carbocycles. The maximum atomic E-state index is 12.5. The SMILES string of the molecule is CNCCN(C)C(=O)c1ccccc1SCc1nc(C)no1.Cl. The van der Waals surface area contributed by atoms with Crippen molar-refractivity contribution in [2.24, 2.45) is 0 Å². The molecule has 23 heavy (non-hydrogen) atoms. The molecule has 126 valence electrons. The van der Waals surface area contributed by atoms with Crippen LogP contribution in [0.3, 0.4) is 0 Å². The highest BCUT2D eigenvalue weighted by molar-refractivity contribution is 7.98. The van der Waals surface area contributed by atoms with Gasteiger partial charge in [-0.15, -0.1) is 24.2 Å². The first kappa shape index (κ1) is 19.5. The van der Waals surface area contributed by atoms with Gasteiger partial charge in [0.05, 0.1) is 11.3 Å². The summed E-state index contributed by atoms with van der Waals surface area (Å²) >= 11 is 1.52. The van der Waals surface area contributed by atoms with Gasteiger partial charge in [0.25, 0.3) is 5.91 Å². The molecule has 0 unspecified atom stereocenters. The molecule has 0 saturated carbocycles. The van der Waals surface area contributed by atoms with Crippen molar-refractivity contribution in [2.45, 2.75) is 17.6 Å². The Morgan fingerprint density at radius 3 is 2.78 bits per heavy atom. The summed E-state index contributed by atoms with van der Waals surface area (Å²) in [7, 11) is 3.68. The van der Waals surface area contributed by atoms with Crippen LogP contribution in [-0.2, 0) is 5.75 Å². The lowest BCUT2D eigenvalue weighted by atomic mass is 10.2. The Morgan fingerprint density at radius 1 is 1.39 bits per heavy atom. The number of halogens is 1. The van der Waals surface area contributed by atoms with E-state index in [1.807, 2.05) is 38.4 Å². The lowest BCUT2D eigenvalue weighted by molar-refractivity contribution is 0.0793. The van der Waals surface area contributed by atoms with Crippen LogP contribution in [0.4, 0.5) is 0 Å². The van der Waals surface area contributed by atoms with Crippen LogP contribution in [0, 0.1) is 6.92 Å². The number of carbonyl (C=O) groups is 1. The third-order valence-electron chi connectivity index (χ3n) is 3.08. The minimum Gasteiger partial charge on any atom is -0.340 e. The number of aryl methyl sites for hydroxylation is 1. The zero-order chi connectivity index (χ0) is 15.9. The summed E-state index contributed by atoms with van der Waals surface area (Å²) in [6.45, 7) is 3.21. The normalized spacial score (nSPS) is 10.2. The van der Waals surface area contributed by atoms with Crippen molar-refractivity contribution in [3.8, 4) is 0 Å². The highest BCUT2D eigenvalue weighted by atomic mass is 35.5. The largest absolute Gasteiger partial charge is 0.340 e. The highest BCUT2D eigenvalue weighted by Crippen LogP contribution is 2.26. The Bertz CT molecular complexity index is 635. The number of nitrogens with zero attached hydrogens (tertiary/aromatic N) is 3. The molecule has 6 nitrogen and oxygen atoms in total. The number of rotatable bonds is 7. The van der Waals surface area contributed by atoms with Crippen LogP contribution in [0.1, 0.15) is 22.1 Å². The van der Waals surface area contributed by atoms with Gasteiger partial charge >= 0.3 is 0 Å². The van der Waals surface area contributed by atoms with Gasteiger partial charge in [0.1, 0.15) is 0 Å². The van der Waals surface area contributed by atoms with Crippen molar-refractivity contribution in [1.82, 2.24) is 20.4 Å². The van der Waals surface area contributed by atoms with Gasteiger partial charge in [0.2, 0.25) is 5.89 Å². The third kappa shape index (κ3) is 5.53. The molecule has 0 spiro atoms. The van der Waals surface area contributed by atoms with Gasteiger partial charge in [0.15, 0.2) is 5.82 Å². The van der Waals surface area contributed by atoms with E-state index in [9.17, 15) is 4.79 Å². The second-order valence-electron chi connectivity index (χ2n) is 4.85. The third-order valence-corrected chi connectivity index (χ3v) is 4.14. The Kier molecular flexibility index (Phi) is 8.08. The zero-order valence-corrected chi connectivity index (χ0v) is 15.0. The fourth-order valence-electron chi connectivity index (χ4n) is 1.89. The fraction of sp³-hybridized carbons (Fsp3) is 0.400. The van der Waals surface area contributed by atoms with Crippen molar-refractivity contribution >= 4 is 30.1 Å². The number of likely N-dealkylation sites (N-methyl/N-ethyl adjacent to an activating group) is 2. The molecule has 1 amide bonds.